The molecule has 3 heterocycles. The fraction of sp³-hybridized carbons (Fsp3) is 0.355. The number of alkyl halides is 3. The highest BCUT2D eigenvalue weighted by Gasteiger charge is 2.34. The van der Waals surface area contributed by atoms with Crippen molar-refractivity contribution < 1.29 is 27.4 Å². The Kier molecular flexibility index (Phi) is 8.69. The van der Waals surface area contributed by atoms with Crippen molar-refractivity contribution in [2.75, 3.05) is 45.2 Å². The molecule has 0 radical (unpaired) electrons. The fourth-order valence-electron chi connectivity index (χ4n) is 5.18. The minimum atomic E-state index is -4.55. The number of H-pyrrole nitrogens is 1. The monoisotopic (exact) mass is 581 g/mol. The van der Waals surface area contributed by atoms with Gasteiger partial charge in [-0.1, -0.05) is 19.1 Å². The maximum atomic E-state index is 14.0. The summed E-state index contributed by atoms with van der Waals surface area (Å²) >= 11 is 0. The number of hydrogen-bond donors (Lipinski definition) is 2. The number of hydrogen-bond acceptors (Lipinski definition) is 6. The second-order valence-electron chi connectivity index (χ2n) is 10.4. The van der Waals surface area contributed by atoms with E-state index >= 15 is 0 Å². The molecule has 5 rings (SSSR count). The van der Waals surface area contributed by atoms with E-state index in [-0.39, 0.29) is 30.0 Å². The van der Waals surface area contributed by atoms with Crippen LogP contribution in [0.5, 0.6) is 11.5 Å². The Bertz CT molecular complexity index is 1560. The van der Waals surface area contributed by atoms with Crippen molar-refractivity contribution >= 4 is 22.6 Å². The number of carbonyl (C=O) groups is 1. The summed E-state index contributed by atoms with van der Waals surface area (Å²) in [7, 11) is 1.58. The first-order valence-corrected chi connectivity index (χ1v) is 13.8. The predicted octanol–water partition coefficient (Wildman–Crippen LogP) is 5.87. The van der Waals surface area contributed by atoms with Gasteiger partial charge in [-0.05, 0) is 54.9 Å². The van der Waals surface area contributed by atoms with Gasteiger partial charge < -0.3 is 24.7 Å². The highest BCUT2D eigenvalue weighted by Crippen LogP contribution is 2.35. The van der Waals surface area contributed by atoms with Crippen molar-refractivity contribution in [3.8, 4) is 11.5 Å². The van der Waals surface area contributed by atoms with Gasteiger partial charge in [0, 0.05) is 56.4 Å². The van der Waals surface area contributed by atoms with E-state index in [9.17, 15) is 18.0 Å². The van der Waals surface area contributed by atoms with Gasteiger partial charge in [-0.3, -0.25) is 9.69 Å². The zero-order chi connectivity index (χ0) is 29.9. The van der Waals surface area contributed by atoms with Gasteiger partial charge in [0.1, 0.15) is 23.8 Å². The summed E-state index contributed by atoms with van der Waals surface area (Å²) in [6, 6.07) is 10.8. The molecule has 42 heavy (non-hydrogen) atoms. The Balaban J connectivity index is 1.29. The fourth-order valence-corrected chi connectivity index (χ4v) is 5.18. The third kappa shape index (κ3) is 6.52. The summed E-state index contributed by atoms with van der Waals surface area (Å²) in [5.74, 6) is 0.567. The highest BCUT2D eigenvalue weighted by molar-refractivity contribution is 6.04. The number of rotatable bonds is 9. The molecule has 2 N–H and O–H groups in total. The van der Waals surface area contributed by atoms with Gasteiger partial charge >= 0.3 is 6.18 Å². The molecule has 11 heteroatoms. The molecule has 222 valence electrons. The number of carbonyl (C=O) groups excluding carboxylic acids is 1. The summed E-state index contributed by atoms with van der Waals surface area (Å²) < 4.78 is 53.7. The number of fused-ring (bicyclic) bond motifs is 1. The zero-order valence-electron chi connectivity index (χ0n) is 23.8. The lowest BCUT2D eigenvalue weighted by Gasteiger charge is -2.34. The molecule has 1 fully saturated rings. The standard InChI is InChI=1S/C31H34F3N5O3/c1-4-38-11-13-39(14-12-38)18-22-7-8-24(16-26(22)31(32,33)34)37-30(40)21-6-5-20(2)27(15-21)42-19-23-17-36-29-25(9-10-35-29)28(23)41-3/h5-10,15-17H,4,11-14,18-19H2,1-3H3,(H,35,36)(H,37,40). The van der Waals surface area contributed by atoms with Gasteiger partial charge in [0.25, 0.3) is 5.91 Å². The van der Waals surface area contributed by atoms with Crippen molar-refractivity contribution in [1.82, 2.24) is 19.8 Å². The van der Waals surface area contributed by atoms with Gasteiger partial charge in [-0.15, -0.1) is 0 Å². The largest absolute Gasteiger partial charge is 0.496 e. The molecule has 0 aliphatic carbocycles. The van der Waals surface area contributed by atoms with Crippen molar-refractivity contribution in [3.63, 3.8) is 0 Å². The zero-order valence-corrected chi connectivity index (χ0v) is 23.8. The second kappa shape index (κ2) is 12.4. The molecule has 1 saturated heterocycles. The Morgan fingerprint density at radius 2 is 1.81 bits per heavy atom. The van der Waals surface area contributed by atoms with Crippen LogP contribution in [-0.4, -0.2) is 65.5 Å². The van der Waals surface area contributed by atoms with E-state index in [1.807, 2.05) is 17.9 Å². The van der Waals surface area contributed by atoms with E-state index in [4.69, 9.17) is 9.47 Å². The van der Waals surface area contributed by atoms with E-state index in [2.05, 4.69) is 27.1 Å². The van der Waals surface area contributed by atoms with Gasteiger partial charge in [-0.25, -0.2) is 4.98 Å². The van der Waals surface area contributed by atoms with Gasteiger partial charge in [0.2, 0.25) is 0 Å². The number of aromatic nitrogens is 2. The number of halogens is 3. The number of anilines is 1. The molecule has 4 aromatic rings. The first kappa shape index (κ1) is 29.4. The van der Waals surface area contributed by atoms with Crippen LogP contribution in [0.15, 0.2) is 54.9 Å². The van der Waals surface area contributed by atoms with E-state index in [1.165, 1.54) is 12.1 Å². The van der Waals surface area contributed by atoms with Crippen LogP contribution in [0.4, 0.5) is 18.9 Å². The molecule has 1 amide bonds. The number of ether oxygens (including phenoxy) is 2. The minimum Gasteiger partial charge on any atom is -0.496 e. The summed E-state index contributed by atoms with van der Waals surface area (Å²) in [6.45, 7) is 8.30. The summed E-state index contributed by atoms with van der Waals surface area (Å²) in [5.41, 5.74) is 2.00. The van der Waals surface area contributed by atoms with Crippen molar-refractivity contribution in [1.29, 1.82) is 0 Å². The van der Waals surface area contributed by atoms with Crippen LogP contribution in [0.1, 0.15) is 39.5 Å². The van der Waals surface area contributed by atoms with Crippen LogP contribution >= 0.6 is 0 Å². The van der Waals surface area contributed by atoms with Gasteiger partial charge in [0.05, 0.1) is 23.6 Å². The third-order valence-electron chi connectivity index (χ3n) is 7.63. The quantitative estimate of drug-likeness (QED) is 0.258. The molecule has 0 spiro atoms. The topological polar surface area (TPSA) is 82.7 Å². The third-order valence-corrected chi connectivity index (χ3v) is 7.63. The van der Waals surface area contributed by atoms with Crippen molar-refractivity contribution in [2.45, 2.75) is 33.2 Å². The number of nitrogens with zero attached hydrogens (tertiary/aromatic N) is 3. The molecule has 0 atom stereocenters. The summed E-state index contributed by atoms with van der Waals surface area (Å²) in [6.07, 6.45) is -1.11. The number of aryl methyl sites for hydroxylation is 1. The second-order valence-corrected chi connectivity index (χ2v) is 10.4. The van der Waals surface area contributed by atoms with E-state index in [0.717, 1.165) is 42.2 Å². The van der Waals surface area contributed by atoms with Crippen LogP contribution in [-0.2, 0) is 19.3 Å². The number of benzene rings is 2. The molecule has 1 aliphatic rings. The molecule has 0 bridgehead atoms. The number of methoxy groups -OCH3 is 1. The van der Waals surface area contributed by atoms with E-state index < -0.39 is 17.6 Å². The highest BCUT2D eigenvalue weighted by atomic mass is 19.4. The van der Waals surface area contributed by atoms with Crippen molar-refractivity contribution in [3.05, 3.63) is 82.7 Å². The van der Waals surface area contributed by atoms with Crippen LogP contribution in [0.25, 0.3) is 11.0 Å². The number of likely N-dealkylation sites (N-methyl/N-ethyl adjacent to an activating group) is 1. The van der Waals surface area contributed by atoms with Crippen molar-refractivity contribution in [2.24, 2.45) is 0 Å². The first-order chi connectivity index (χ1) is 20.2. The maximum absolute atomic E-state index is 14.0. The van der Waals surface area contributed by atoms with Gasteiger partial charge in [0.15, 0.2) is 0 Å². The first-order valence-electron chi connectivity index (χ1n) is 13.8. The molecule has 8 nitrogen and oxygen atoms in total. The number of amides is 1. The number of pyridine rings is 1. The number of nitrogens with one attached hydrogen (secondary N) is 2. The molecule has 2 aromatic heterocycles. The Hall–Kier alpha value is -4.09. The van der Waals surface area contributed by atoms with E-state index in [0.29, 0.717) is 30.2 Å². The van der Waals surface area contributed by atoms with Gasteiger partial charge in [-0.2, -0.15) is 13.2 Å². The van der Waals surface area contributed by atoms with Crippen LogP contribution in [0.2, 0.25) is 0 Å². The average Bonchev–Trinajstić information content (AvgIpc) is 3.46. The lowest BCUT2D eigenvalue weighted by molar-refractivity contribution is -0.138. The lowest BCUT2D eigenvalue weighted by atomic mass is 10.0. The Labute approximate surface area is 242 Å². The lowest BCUT2D eigenvalue weighted by Crippen LogP contribution is -2.45. The summed E-state index contributed by atoms with van der Waals surface area (Å²) in [5, 5.41) is 3.45. The Morgan fingerprint density at radius 3 is 2.52 bits per heavy atom. The molecular formula is C31H34F3N5O3. The van der Waals surface area contributed by atoms with E-state index in [1.54, 1.807) is 37.7 Å². The summed E-state index contributed by atoms with van der Waals surface area (Å²) in [4.78, 5) is 24.8. The molecule has 1 aliphatic heterocycles. The molecule has 0 saturated carbocycles. The predicted molar refractivity (Wildman–Crippen MR) is 155 cm³/mol. The van der Waals surface area contributed by atoms with Crippen LogP contribution in [0.3, 0.4) is 0 Å². The normalized spacial score (nSPS) is 14.7. The Morgan fingerprint density at radius 1 is 1.05 bits per heavy atom. The molecule has 0 unspecified atom stereocenters. The average molecular weight is 582 g/mol. The number of aromatic amines is 1. The molecule has 2 aromatic carbocycles. The maximum Gasteiger partial charge on any atom is 0.416 e. The minimum absolute atomic E-state index is 0.0746. The molecular weight excluding hydrogens is 547 g/mol. The smallest absolute Gasteiger partial charge is 0.416 e. The number of piperazine rings is 1. The SMILES string of the molecule is CCN1CCN(Cc2ccc(NC(=O)c3ccc(C)c(OCc4cnc5[nH]ccc5c4OC)c3)cc2C(F)(F)F)CC1. The van der Waals surface area contributed by atoms with Crippen LogP contribution < -0.4 is 14.8 Å². The van der Waals surface area contributed by atoms with Crippen LogP contribution in [0, 0.1) is 6.92 Å².